The molecule has 1 amide bonds. The van der Waals surface area contributed by atoms with Gasteiger partial charge in [-0.2, -0.15) is 0 Å². The van der Waals surface area contributed by atoms with E-state index >= 15 is 0 Å². The van der Waals surface area contributed by atoms with E-state index in [1.807, 2.05) is 6.92 Å². The lowest BCUT2D eigenvalue weighted by Gasteiger charge is -2.17. The van der Waals surface area contributed by atoms with Crippen LogP contribution in [0.5, 0.6) is 0 Å². The fourth-order valence-electron chi connectivity index (χ4n) is 2.43. The third-order valence-electron chi connectivity index (χ3n) is 3.73. The maximum atomic E-state index is 12.2. The predicted octanol–water partition coefficient (Wildman–Crippen LogP) is 2.02. The molecule has 1 aliphatic heterocycles. The first-order valence-electron chi connectivity index (χ1n) is 7.52. The maximum absolute atomic E-state index is 12.2. The Labute approximate surface area is 142 Å². The van der Waals surface area contributed by atoms with Crippen molar-refractivity contribution in [2.75, 3.05) is 11.9 Å². The number of hydrogen-bond donors (Lipinski definition) is 1. The van der Waals surface area contributed by atoms with E-state index < -0.39 is 5.97 Å². The van der Waals surface area contributed by atoms with Gasteiger partial charge in [-0.1, -0.05) is 11.4 Å². The summed E-state index contributed by atoms with van der Waals surface area (Å²) in [5.41, 5.74) is 2.66. The van der Waals surface area contributed by atoms with Crippen molar-refractivity contribution in [3.8, 4) is 0 Å². The highest BCUT2D eigenvalue weighted by atomic mass is 32.1. The minimum absolute atomic E-state index is 0.0274. The molecule has 0 bridgehead atoms. The molecule has 0 aliphatic carbocycles. The zero-order valence-corrected chi connectivity index (χ0v) is 13.8. The molecule has 1 aromatic carbocycles. The molecule has 124 valence electrons. The molecule has 0 unspecified atom stereocenters. The van der Waals surface area contributed by atoms with Gasteiger partial charge < -0.3 is 10.1 Å². The average molecular weight is 345 g/mol. The zero-order chi connectivity index (χ0) is 17.1. The molecular weight excluding hydrogens is 330 g/mol. The molecule has 24 heavy (non-hydrogen) atoms. The maximum Gasteiger partial charge on any atom is 0.352 e. The summed E-state index contributed by atoms with van der Waals surface area (Å²) in [6, 6.07) is 5.05. The van der Waals surface area contributed by atoms with Gasteiger partial charge in [-0.05, 0) is 48.1 Å². The van der Waals surface area contributed by atoms with Crippen LogP contribution < -0.4 is 5.32 Å². The number of nitrogens with zero attached hydrogens (tertiary/aromatic N) is 2. The average Bonchev–Trinajstić information content (AvgIpc) is 3.07. The highest BCUT2D eigenvalue weighted by Crippen LogP contribution is 2.24. The van der Waals surface area contributed by atoms with Crippen molar-refractivity contribution in [1.82, 2.24) is 9.59 Å². The Morgan fingerprint density at radius 3 is 2.96 bits per heavy atom. The van der Waals surface area contributed by atoms with Crippen LogP contribution in [0.1, 0.15) is 44.6 Å². The van der Waals surface area contributed by atoms with Crippen LogP contribution in [-0.4, -0.2) is 33.9 Å². The molecule has 3 rings (SSSR count). The number of anilines is 1. The largest absolute Gasteiger partial charge is 0.453 e. The van der Waals surface area contributed by atoms with Gasteiger partial charge in [0, 0.05) is 17.7 Å². The number of ketones is 1. The molecule has 2 aromatic rings. The molecule has 1 aromatic heterocycles. The van der Waals surface area contributed by atoms with Crippen LogP contribution >= 0.6 is 11.5 Å². The molecule has 1 N–H and O–H groups in total. The Morgan fingerprint density at radius 1 is 1.33 bits per heavy atom. The number of rotatable bonds is 5. The molecule has 1 aliphatic rings. The number of carbonyl (C=O) groups excluding carboxylic acids is 3. The number of hydrogen-bond acceptors (Lipinski definition) is 7. The second kappa shape index (κ2) is 6.88. The summed E-state index contributed by atoms with van der Waals surface area (Å²) in [4.78, 5) is 35.9. The molecule has 7 nitrogen and oxygen atoms in total. The van der Waals surface area contributed by atoms with E-state index in [1.165, 1.54) is 0 Å². The fourth-order valence-corrected chi connectivity index (χ4v) is 3.08. The van der Waals surface area contributed by atoms with Gasteiger partial charge in [0.1, 0.15) is 0 Å². The van der Waals surface area contributed by atoms with Crippen molar-refractivity contribution in [2.24, 2.45) is 0 Å². The minimum atomic E-state index is -0.583. The summed E-state index contributed by atoms with van der Waals surface area (Å²) in [6.45, 7) is 1.52. The lowest BCUT2D eigenvalue weighted by atomic mass is 9.99. The van der Waals surface area contributed by atoms with Gasteiger partial charge in [-0.25, -0.2) is 4.79 Å². The molecule has 8 heteroatoms. The van der Waals surface area contributed by atoms with Crippen LogP contribution in [-0.2, 0) is 22.4 Å². The Balaban J connectivity index is 1.65. The topological polar surface area (TPSA) is 98.2 Å². The Hall–Kier alpha value is -2.61. The quantitative estimate of drug-likeness (QED) is 0.658. The summed E-state index contributed by atoms with van der Waals surface area (Å²) in [6.07, 6.45) is 1.57. The number of aromatic nitrogens is 2. The first kappa shape index (κ1) is 16.3. The smallest absolute Gasteiger partial charge is 0.352 e. The summed E-state index contributed by atoms with van der Waals surface area (Å²) in [5.74, 6) is -0.903. The number of amides is 1. The summed E-state index contributed by atoms with van der Waals surface area (Å²) in [7, 11) is 0. The monoisotopic (exact) mass is 345 g/mol. The minimum Gasteiger partial charge on any atom is -0.453 e. The Bertz CT molecular complexity index is 815. The number of ether oxygens (including phenoxy) is 1. The lowest BCUT2D eigenvalue weighted by molar-refractivity contribution is -0.116. The molecule has 0 radical (unpaired) electrons. The van der Waals surface area contributed by atoms with Gasteiger partial charge in [-0.15, -0.1) is 5.10 Å². The lowest BCUT2D eigenvalue weighted by Crippen LogP contribution is -2.20. The normalized spacial score (nSPS) is 13.1. The molecule has 0 saturated heterocycles. The number of fused-ring (bicyclic) bond motifs is 1. The van der Waals surface area contributed by atoms with Crippen LogP contribution in [0.15, 0.2) is 18.2 Å². The standard InChI is InChI=1S/C16H15N3O4S/c1-2-11-15(24-19-18-11)16(22)23-8-13(20)10-3-5-12-9(7-10)4-6-14(21)17-12/h3,5,7H,2,4,6,8H2,1H3,(H,17,21). The van der Waals surface area contributed by atoms with Gasteiger partial charge in [0.25, 0.3) is 0 Å². The van der Waals surface area contributed by atoms with E-state index in [2.05, 4.69) is 14.9 Å². The number of Topliss-reactive ketones (excluding diaryl/α,β-unsaturated/α-hetero) is 1. The van der Waals surface area contributed by atoms with Crippen LogP contribution in [0, 0.1) is 0 Å². The second-order valence-electron chi connectivity index (χ2n) is 5.32. The zero-order valence-electron chi connectivity index (χ0n) is 13.0. The summed E-state index contributed by atoms with van der Waals surface area (Å²) in [5, 5.41) is 6.60. The number of nitrogens with one attached hydrogen (secondary N) is 1. The van der Waals surface area contributed by atoms with Crippen LogP contribution in [0.25, 0.3) is 0 Å². The van der Waals surface area contributed by atoms with Gasteiger partial charge in [0.2, 0.25) is 5.91 Å². The Kier molecular flexibility index (Phi) is 4.66. The third-order valence-corrected chi connectivity index (χ3v) is 4.48. The van der Waals surface area contributed by atoms with Crippen LogP contribution in [0.4, 0.5) is 5.69 Å². The highest BCUT2D eigenvalue weighted by molar-refractivity contribution is 7.07. The van der Waals surface area contributed by atoms with E-state index in [1.54, 1.807) is 18.2 Å². The number of benzene rings is 1. The number of esters is 1. The van der Waals surface area contributed by atoms with Gasteiger partial charge >= 0.3 is 5.97 Å². The third kappa shape index (κ3) is 3.33. The van der Waals surface area contributed by atoms with Crippen LogP contribution in [0.3, 0.4) is 0 Å². The molecular formula is C16H15N3O4S. The van der Waals surface area contributed by atoms with Gasteiger partial charge in [0.05, 0.1) is 5.69 Å². The predicted molar refractivity (Wildman–Crippen MR) is 87.3 cm³/mol. The second-order valence-corrected chi connectivity index (χ2v) is 6.08. The van der Waals surface area contributed by atoms with Crippen molar-refractivity contribution in [3.63, 3.8) is 0 Å². The van der Waals surface area contributed by atoms with Crippen molar-refractivity contribution < 1.29 is 19.1 Å². The first-order valence-corrected chi connectivity index (χ1v) is 8.30. The number of carbonyl (C=O) groups is 3. The van der Waals surface area contributed by atoms with Crippen molar-refractivity contribution >= 4 is 34.9 Å². The summed E-state index contributed by atoms with van der Waals surface area (Å²) < 4.78 is 8.80. The fraction of sp³-hybridized carbons (Fsp3) is 0.312. The number of aryl methyl sites for hydroxylation is 2. The van der Waals surface area contributed by atoms with Crippen molar-refractivity contribution in [1.29, 1.82) is 0 Å². The Morgan fingerprint density at radius 2 is 2.17 bits per heavy atom. The van der Waals surface area contributed by atoms with E-state index in [-0.39, 0.29) is 18.3 Å². The van der Waals surface area contributed by atoms with Gasteiger partial charge in [0.15, 0.2) is 17.3 Å². The van der Waals surface area contributed by atoms with E-state index in [4.69, 9.17) is 4.74 Å². The van der Waals surface area contributed by atoms with E-state index in [0.717, 1.165) is 22.8 Å². The van der Waals surface area contributed by atoms with Crippen molar-refractivity contribution in [3.05, 3.63) is 39.9 Å². The molecule has 0 atom stereocenters. The highest BCUT2D eigenvalue weighted by Gasteiger charge is 2.20. The SMILES string of the molecule is CCc1nnsc1C(=O)OCC(=O)c1ccc2c(c1)CCC(=O)N2. The van der Waals surface area contributed by atoms with E-state index in [9.17, 15) is 14.4 Å². The van der Waals surface area contributed by atoms with Crippen molar-refractivity contribution in [2.45, 2.75) is 26.2 Å². The molecule has 0 spiro atoms. The first-order chi connectivity index (χ1) is 11.6. The molecule has 0 fully saturated rings. The van der Waals surface area contributed by atoms with Crippen LogP contribution in [0.2, 0.25) is 0 Å². The van der Waals surface area contributed by atoms with Gasteiger partial charge in [-0.3, -0.25) is 9.59 Å². The van der Waals surface area contributed by atoms with E-state index in [0.29, 0.717) is 35.4 Å². The molecule has 0 saturated carbocycles. The summed E-state index contributed by atoms with van der Waals surface area (Å²) >= 11 is 0.961. The molecule has 2 heterocycles.